The van der Waals surface area contributed by atoms with Crippen LogP contribution in [-0.4, -0.2) is 21.3 Å². The van der Waals surface area contributed by atoms with Crippen molar-refractivity contribution in [3.63, 3.8) is 0 Å². The van der Waals surface area contributed by atoms with Gasteiger partial charge in [-0.15, -0.1) is 10.2 Å². The van der Waals surface area contributed by atoms with Crippen molar-refractivity contribution in [2.45, 2.75) is 6.92 Å². The summed E-state index contributed by atoms with van der Waals surface area (Å²) >= 11 is 3.08. The van der Waals surface area contributed by atoms with Gasteiger partial charge in [-0.25, -0.2) is 4.79 Å². The molecule has 5 heteroatoms. The predicted molar refractivity (Wildman–Crippen MR) is 41.4 cm³/mol. The maximum absolute atomic E-state index is 10.4. The van der Waals surface area contributed by atoms with E-state index in [0.717, 1.165) is 0 Å². The molecule has 0 saturated heterocycles. The Labute approximate surface area is 71.4 Å². The van der Waals surface area contributed by atoms with Crippen molar-refractivity contribution in [1.29, 1.82) is 0 Å². The van der Waals surface area contributed by atoms with E-state index in [-0.39, 0.29) is 5.69 Å². The lowest BCUT2D eigenvalue weighted by molar-refractivity contribution is 0.0688. The molecule has 58 valence electrons. The van der Waals surface area contributed by atoms with E-state index in [4.69, 9.17) is 5.11 Å². The van der Waals surface area contributed by atoms with Gasteiger partial charge in [0.05, 0.1) is 0 Å². The lowest BCUT2D eigenvalue weighted by atomic mass is 10.2. The van der Waals surface area contributed by atoms with Crippen LogP contribution >= 0.6 is 15.9 Å². The number of carbonyl (C=O) groups is 1. The van der Waals surface area contributed by atoms with E-state index in [2.05, 4.69) is 26.1 Å². The molecule has 1 aromatic heterocycles. The zero-order valence-electron chi connectivity index (χ0n) is 5.71. The first-order valence-corrected chi connectivity index (χ1v) is 3.63. The summed E-state index contributed by atoms with van der Waals surface area (Å²) in [6.07, 6.45) is 0. The molecule has 0 unspecified atom stereocenters. The fourth-order valence-electron chi connectivity index (χ4n) is 0.664. The number of nitrogens with zero attached hydrogens (tertiary/aromatic N) is 2. The van der Waals surface area contributed by atoms with Gasteiger partial charge in [-0.05, 0) is 34.5 Å². The predicted octanol–water partition coefficient (Wildman–Crippen LogP) is 1.25. The molecule has 0 aliphatic rings. The standard InChI is InChI=1S/C6H5BrN2O2/c1-3-2-4(7)8-9-5(3)6(10)11/h2H,1H3,(H,10,11). The third-order valence-electron chi connectivity index (χ3n) is 1.16. The Morgan fingerprint density at radius 2 is 2.27 bits per heavy atom. The Kier molecular flexibility index (Phi) is 2.19. The molecular formula is C6H5BrN2O2. The van der Waals surface area contributed by atoms with Gasteiger partial charge >= 0.3 is 5.97 Å². The van der Waals surface area contributed by atoms with E-state index in [1.807, 2.05) is 0 Å². The Morgan fingerprint density at radius 1 is 1.64 bits per heavy atom. The van der Waals surface area contributed by atoms with E-state index in [0.29, 0.717) is 10.2 Å². The molecule has 4 nitrogen and oxygen atoms in total. The average molecular weight is 217 g/mol. The van der Waals surface area contributed by atoms with Gasteiger partial charge in [0.15, 0.2) is 5.69 Å². The number of rotatable bonds is 1. The molecule has 0 fully saturated rings. The Bertz CT molecular complexity index is 301. The van der Waals surface area contributed by atoms with Crippen LogP contribution in [0.15, 0.2) is 10.7 Å². The minimum absolute atomic E-state index is 0.00630. The first-order valence-electron chi connectivity index (χ1n) is 2.84. The summed E-state index contributed by atoms with van der Waals surface area (Å²) in [6.45, 7) is 1.67. The fourth-order valence-corrected chi connectivity index (χ4v) is 1.09. The largest absolute Gasteiger partial charge is 0.476 e. The summed E-state index contributed by atoms with van der Waals surface area (Å²) in [5.41, 5.74) is 0.590. The van der Waals surface area contributed by atoms with Crippen LogP contribution in [0.4, 0.5) is 0 Å². The second-order valence-corrected chi connectivity index (χ2v) is 2.82. The van der Waals surface area contributed by atoms with Gasteiger partial charge in [-0.2, -0.15) is 0 Å². The number of halogens is 1. The Hall–Kier alpha value is -0.970. The Morgan fingerprint density at radius 3 is 2.73 bits per heavy atom. The molecule has 0 aromatic carbocycles. The van der Waals surface area contributed by atoms with Crippen molar-refractivity contribution in [1.82, 2.24) is 10.2 Å². The van der Waals surface area contributed by atoms with Gasteiger partial charge in [0.1, 0.15) is 4.60 Å². The van der Waals surface area contributed by atoms with E-state index in [1.165, 1.54) is 0 Å². The summed E-state index contributed by atoms with van der Waals surface area (Å²) in [5.74, 6) is -1.05. The van der Waals surface area contributed by atoms with Crippen LogP contribution in [0.25, 0.3) is 0 Å². The van der Waals surface area contributed by atoms with Crippen LogP contribution in [0.5, 0.6) is 0 Å². The summed E-state index contributed by atoms with van der Waals surface area (Å²) in [4.78, 5) is 10.4. The van der Waals surface area contributed by atoms with Crippen molar-refractivity contribution in [3.8, 4) is 0 Å². The van der Waals surface area contributed by atoms with Gasteiger partial charge < -0.3 is 5.11 Å². The van der Waals surface area contributed by atoms with Gasteiger partial charge in [0.2, 0.25) is 0 Å². The summed E-state index contributed by atoms with van der Waals surface area (Å²) in [6, 6.07) is 1.61. The van der Waals surface area contributed by atoms with Crippen molar-refractivity contribution in [3.05, 3.63) is 21.9 Å². The molecule has 0 radical (unpaired) electrons. The lowest BCUT2D eigenvalue weighted by Crippen LogP contribution is -2.04. The normalized spacial score (nSPS) is 9.64. The monoisotopic (exact) mass is 216 g/mol. The maximum atomic E-state index is 10.4. The Balaban J connectivity index is 3.20. The highest BCUT2D eigenvalue weighted by Gasteiger charge is 2.08. The highest BCUT2D eigenvalue weighted by Crippen LogP contribution is 2.09. The van der Waals surface area contributed by atoms with E-state index in [9.17, 15) is 4.79 Å². The van der Waals surface area contributed by atoms with Gasteiger partial charge in [0.25, 0.3) is 0 Å². The summed E-state index contributed by atoms with van der Waals surface area (Å²) in [7, 11) is 0. The number of hydrogen-bond donors (Lipinski definition) is 1. The molecule has 1 heterocycles. The maximum Gasteiger partial charge on any atom is 0.356 e. The smallest absolute Gasteiger partial charge is 0.356 e. The van der Waals surface area contributed by atoms with Gasteiger partial charge in [-0.1, -0.05) is 0 Å². The number of carboxylic acids is 1. The zero-order valence-corrected chi connectivity index (χ0v) is 7.29. The third kappa shape index (κ3) is 1.74. The van der Waals surface area contributed by atoms with Crippen molar-refractivity contribution in [2.75, 3.05) is 0 Å². The first-order chi connectivity index (χ1) is 5.11. The molecule has 0 atom stereocenters. The minimum atomic E-state index is -1.05. The van der Waals surface area contributed by atoms with Crippen molar-refractivity contribution >= 4 is 21.9 Å². The van der Waals surface area contributed by atoms with Crippen LogP contribution in [0.3, 0.4) is 0 Å². The lowest BCUT2D eigenvalue weighted by Gasteiger charge is -1.96. The van der Waals surface area contributed by atoms with Crippen molar-refractivity contribution < 1.29 is 9.90 Å². The van der Waals surface area contributed by atoms with E-state index >= 15 is 0 Å². The summed E-state index contributed by atoms with van der Waals surface area (Å²) in [5, 5.41) is 15.6. The second kappa shape index (κ2) is 2.96. The first kappa shape index (κ1) is 8.13. The highest BCUT2D eigenvalue weighted by molar-refractivity contribution is 9.10. The van der Waals surface area contributed by atoms with Crippen LogP contribution in [0, 0.1) is 6.92 Å². The van der Waals surface area contributed by atoms with E-state index in [1.54, 1.807) is 13.0 Å². The molecule has 0 amide bonds. The number of carboxylic acid groups (broad SMARTS) is 1. The number of aromatic nitrogens is 2. The molecule has 1 rings (SSSR count). The van der Waals surface area contributed by atoms with E-state index < -0.39 is 5.97 Å². The molecule has 0 saturated carbocycles. The molecule has 0 bridgehead atoms. The number of aromatic carboxylic acids is 1. The second-order valence-electron chi connectivity index (χ2n) is 2.00. The van der Waals surface area contributed by atoms with Gasteiger partial charge in [-0.3, -0.25) is 0 Å². The minimum Gasteiger partial charge on any atom is -0.476 e. The molecule has 1 N–H and O–H groups in total. The average Bonchev–Trinajstić information content (AvgIpc) is 1.85. The number of aryl methyl sites for hydroxylation is 1. The molecule has 0 aliphatic heterocycles. The molecule has 1 aromatic rings. The highest BCUT2D eigenvalue weighted by atomic mass is 79.9. The quantitative estimate of drug-likeness (QED) is 0.768. The zero-order chi connectivity index (χ0) is 8.43. The molecule has 11 heavy (non-hydrogen) atoms. The topological polar surface area (TPSA) is 63.1 Å². The van der Waals surface area contributed by atoms with Crippen LogP contribution < -0.4 is 0 Å². The summed E-state index contributed by atoms with van der Waals surface area (Å²) < 4.78 is 0.542. The molecule has 0 aliphatic carbocycles. The number of hydrogen-bond acceptors (Lipinski definition) is 3. The van der Waals surface area contributed by atoms with Crippen LogP contribution in [-0.2, 0) is 0 Å². The molecule has 0 spiro atoms. The van der Waals surface area contributed by atoms with Gasteiger partial charge in [0, 0.05) is 0 Å². The SMILES string of the molecule is Cc1cc(Br)nnc1C(=O)O. The van der Waals surface area contributed by atoms with Crippen molar-refractivity contribution in [2.24, 2.45) is 0 Å². The third-order valence-corrected chi connectivity index (χ3v) is 1.54. The van der Waals surface area contributed by atoms with Crippen LogP contribution in [0.2, 0.25) is 0 Å². The molecular weight excluding hydrogens is 212 g/mol. The fraction of sp³-hybridized carbons (Fsp3) is 0.167. The van der Waals surface area contributed by atoms with Crippen LogP contribution in [0.1, 0.15) is 16.1 Å².